The second-order valence-corrected chi connectivity index (χ2v) is 13.8. The van der Waals surface area contributed by atoms with Gasteiger partial charge in [0.2, 0.25) is 9.84 Å². The second-order valence-electron chi connectivity index (χ2n) is 11.8. The first kappa shape index (κ1) is 30.4. The standard InChI is InChI=1S/C40H32N2O6S/c1-45-25-9-15-37-33(17-25)35-21-27(47-3)19-31(39(35)41-37)23-5-11-29(12-6-23)49(43,44)30-13-7-24(8-14-30)32-20-28(48-4)22-36-34-18-26(46-2)10-16-38(34)42-40(32)36/h5-22,41-42H,1-4H3. The Balaban J connectivity index is 1.15. The van der Waals surface area contributed by atoms with Crippen molar-refractivity contribution in [2.75, 3.05) is 28.4 Å². The second kappa shape index (κ2) is 11.6. The van der Waals surface area contributed by atoms with E-state index in [1.165, 1.54) is 0 Å². The molecule has 0 saturated heterocycles. The maximum atomic E-state index is 13.8. The van der Waals surface area contributed by atoms with Gasteiger partial charge in [-0.1, -0.05) is 24.3 Å². The van der Waals surface area contributed by atoms with Gasteiger partial charge in [0, 0.05) is 43.7 Å². The molecule has 0 aliphatic heterocycles. The molecule has 0 unspecified atom stereocenters. The summed E-state index contributed by atoms with van der Waals surface area (Å²) >= 11 is 0. The molecule has 9 heteroatoms. The van der Waals surface area contributed by atoms with Crippen LogP contribution in [0.5, 0.6) is 23.0 Å². The third kappa shape index (κ3) is 5.01. The maximum absolute atomic E-state index is 13.8. The molecule has 49 heavy (non-hydrogen) atoms. The average Bonchev–Trinajstić information content (AvgIpc) is 3.71. The van der Waals surface area contributed by atoms with Crippen LogP contribution in [-0.2, 0) is 9.84 Å². The summed E-state index contributed by atoms with van der Waals surface area (Å²) < 4.78 is 49.9. The van der Waals surface area contributed by atoms with Gasteiger partial charge in [0.15, 0.2) is 0 Å². The van der Waals surface area contributed by atoms with E-state index in [1.807, 2.05) is 84.9 Å². The van der Waals surface area contributed by atoms with Crippen molar-refractivity contribution in [2.24, 2.45) is 0 Å². The number of methoxy groups -OCH3 is 4. The Labute approximate surface area is 282 Å². The van der Waals surface area contributed by atoms with E-state index in [9.17, 15) is 8.42 Å². The summed E-state index contributed by atoms with van der Waals surface area (Å²) in [5, 5.41) is 3.99. The first-order chi connectivity index (χ1) is 23.8. The molecular formula is C40H32N2O6S. The van der Waals surface area contributed by atoms with Crippen molar-refractivity contribution in [3.63, 3.8) is 0 Å². The van der Waals surface area contributed by atoms with E-state index in [0.29, 0.717) is 11.5 Å². The van der Waals surface area contributed by atoms with Gasteiger partial charge in [-0.25, -0.2) is 8.42 Å². The lowest BCUT2D eigenvalue weighted by atomic mass is 10.0. The number of fused-ring (bicyclic) bond motifs is 6. The highest BCUT2D eigenvalue weighted by Gasteiger charge is 2.20. The lowest BCUT2D eigenvalue weighted by molar-refractivity contribution is 0.415. The van der Waals surface area contributed by atoms with Crippen LogP contribution in [0.2, 0.25) is 0 Å². The molecule has 2 aromatic heterocycles. The summed E-state index contributed by atoms with van der Waals surface area (Å²) in [6, 6.07) is 33.6. The van der Waals surface area contributed by atoms with Crippen LogP contribution in [0.4, 0.5) is 0 Å². The highest BCUT2D eigenvalue weighted by Crippen LogP contribution is 2.40. The van der Waals surface area contributed by atoms with E-state index in [1.54, 1.807) is 52.7 Å². The highest BCUT2D eigenvalue weighted by atomic mass is 32.2. The molecule has 8 aromatic rings. The minimum absolute atomic E-state index is 0.206. The lowest BCUT2D eigenvalue weighted by Crippen LogP contribution is -2.02. The Kier molecular flexibility index (Phi) is 7.22. The van der Waals surface area contributed by atoms with Gasteiger partial charge < -0.3 is 28.9 Å². The van der Waals surface area contributed by atoms with Gasteiger partial charge in [-0.05, 0) is 96.1 Å². The summed E-state index contributed by atoms with van der Waals surface area (Å²) in [7, 11) is 2.76. The first-order valence-electron chi connectivity index (χ1n) is 15.6. The third-order valence-corrected chi connectivity index (χ3v) is 11.0. The lowest BCUT2D eigenvalue weighted by Gasteiger charge is -2.11. The Morgan fingerprint density at radius 1 is 0.429 bits per heavy atom. The van der Waals surface area contributed by atoms with Gasteiger partial charge in [-0.15, -0.1) is 0 Å². The number of rotatable bonds is 8. The van der Waals surface area contributed by atoms with Crippen molar-refractivity contribution in [3.8, 4) is 45.3 Å². The van der Waals surface area contributed by atoms with Gasteiger partial charge in [-0.3, -0.25) is 0 Å². The van der Waals surface area contributed by atoms with Crippen LogP contribution < -0.4 is 18.9 Å². The van der Waals surface area contributed by atoms with Gasteiger partial charge >= 0.3 is 0 Å². The zero-order chi connectivity index (χ0) is 33.9. The van der Waals surface area contributed by atoms with E-state index in [4.69, 9.17) is 18.9 Å². The Bertz CT molecular complexity index is 2480. The van der Waals surface area contributed by atoms with Crippen LogP contribution in [0.1, 0.15) is 0 Å². The molecule has 2 N–H and O–H groups in total. The van der Waals surface area contributed by atoms with Crippen molar-refractivity contribution >= 4 is 53.4 Å². The van der Waals surface area contributed by atoms with Gasteiger partial charge in [0.05, 0.1) is 49.3 Å². The normalized spacial score (nSPS) is 11.8. The predicted octanol–water partition coefficient (Wildman–Crippen LogP) is 9.16. The molecule has 6 aromatic carbocycles. The number of ether oxygens (including phenoxy) is 4. The topological polar surface area (TPSA) is 103 Å². The molecule has 0 aliphatic rings. The van der Waals surface area contributed by atoms with Crippen LogP contribution in [0.25, 0.3) is 65.9 Å². The summed E-state index contributed by atoms with van der Waals surface area (Å²) in [4.78, 5) is 7.46. The van der Waals surface area contributed by atoms with E-state index in [-0.39, 0.29) is 9.79 Å². The smallest absolute Gasteiger partial charge is 0.206 e. The number of benzene rings is 6. The Morgan fingerprint density at radius 2 is 0.796 bits per heavy atom. The number of sulfone groups is 1. The van der Waals surface area contributed by atoms with Crippen molar-refractivity contribution in [2.45, 2.75) is 9.79 Å². The Morgan fingerprint density at radius 3 is 1.16 bits per heavy atom. The Hall–Kier alpha value is -5.93. The van der Waals surface area contributed by atoms with Crippen molar-refractivity contribution in [3.05, 3.63) is 109 Å². The number of H-pyrrole nitrogens is 2. The highest BCUT2D eigenvalue weighted by molar-refractivity contribution is 7.91. The molecule has 0 amide bonds. The van der Waals surface area contributed by atoms with E-state index in [0.717, 1.165) is 77.4 Å². The van der Waals surface area contributed by atoms with E-state index in [2.05, 4.69) is 9.97 Å². The molecule has 8 nitrogen and oxygen atoms in total. The third-order valence-electron chi connectivity index (χ3n) is 9.20. The summed E-state index contributed by atoms with van der Waals surface area (Å²) in [5.41, 5.74) is 7.30. The van der Waals surface area contributed by atoms with Crippen LogP contribution >= 0.6 is 0 Å². The molecule has 0 fully saturated rings. The predicted molar refractivity (Wildman–Crippen MR) is 194 cm³/mol. The SMILES string of the molecule is COc1ccc2[nH]c3c(-c4ccc(S(=O)(=O)c5ccc(-c6cc(OC)cc7c6[nH]c6ccc(OC)cc67)cc5)cc4)cc(OC)cc3c2c1. The molecule has 0 atom stereocenters. The fourth-order valence-corrected chi connectivity index (χ4v) is 7.87. The zero-order valence-corrected chi connectivity index (χ0v) is 28.1. The average molecular weight is 669 g/mol. The molecular weight excluding hydrogens is 637 g/mol. The molecule has 0 spiro atoms. The number of aromatic amines is 2. The fraction of sp³-hybridized carbons (Fsp3) is 0.100. The fourth-order valence-electron chi connectivity index (χ4n) is 6.61. The summed E-state index contributed by atoms with van der Waals surface area (Å²) in [5.74, 6) is 2.92. The van der Waals surface area contributed by atoms with Crippen LogP contribution in [0.15, 0.2) is 119 Å². The minimum atomic E-state index is -3.80. The van der Waals surface area contributed by atoms with Crippen molar-refractivity contribution in [1.29, 1.82) is 0 Å². The van der Waals surface area contributed by atoms with Crippen LogP contribution in [0, 0.1) is 0 Å². The molecule has 244 valence electrons. The number of aromatic nitrogens is 2. The monoisotopic (exact) mass is 668 g/mol. The van der Waals surface area contributed by atoms with E-state index >= 15 is 0 Å². The largest absolute Gasteiger partial charge is 0.497 e. The molecule has 8 rings (SSSR count). The summed E-state index contributed by atoms with van der Waals surface area (Å²) in [6.07, 6.45) is 0. The van der Waals surface area contributed by atoms with Gasteiger partial charge in [0.1, 0.15) is 23.0 Å². The number of hydrogen-bond donors (Lipinski definition) is 2. The quantitative estimate of drug-likeness (QED) is 0.167. The molecule has 0 aliphatic carbocycles. The minimum Gasteiger partial charge on any atom is -0.497 e. The van der Waals surface area contributed by atoms with Gasteiger partial charge in [-0.2, -0.15) is 0 Å². The number of nitrogens with one attached hydrogen (secondary N) is 2. The number of hydrogen-bond acceptors (Lipinski definition) is 6. The van der Waals surface area contributed by atoms with Crippen LogP contribution in [0.3, 0.4) is 0 Å². The maximum Gasteiger partial charge on any atom is 0.206 e. The molecule has 2 heterocycles. The summed E-state index contributed by atoms with van der Waals surface area (Å²) in [6.45, 7) is 0. The zero-order valence-electron chi connectivity index (χ0n) is 27.3. The van der Waals surface area contributed by atoms with Crippen molar-refractivity contribution < 1.29 is 27.4 Å². The van der Waals surface area contributed by atoms with Gasteiger partial charge in [0.25, 0.3) is 0 Å². The molecule has 0 radical (unpaired) electrons. The van der Waals surface area contributed by atoms with E-state index < -0.39 is 9.84 Å². The van der Waals surface area contributed by atoms with Crippen LogP contribution in [-0.4, -0.2) is 46.8 Å². The van der Waals surface area contributed by atoms with Crippen molar-refractivity contribution in [1.82, 2.24) is 9.97 Å². The molecule has 0 saturated carbocycles. The molecule has 0 bridgehead atoms. The first-order valence-corrected chi connectivity index (χ1v) is 17.1.